The van der Waals surface area contributed by atoms with Crippen molar-refractivity contribution in [1.29, 1.82) is 0 Å². The van der Waals surface area contributed by atoms with Gasteiger partial charge in [0.15, 0.2) is 0 Å². The molecule has 2 atom stereocenters. The number of carboxylic acid groups (broad SMARTS) is 1. The Morgan fingerprint density at radius 3 is 2.67 bits per heavy atom. The topological polar surface area (TPSA) is 77.9 Å². The SMILES string of the molecule is CC1(C(=O)O)CCCN(C(=O)C2CC(=O)N(C3CC3)C2)C1. The van der Waals surface area contributed by atoms with Crippen LogP contribution >= 0.6 is 0 Å². The second-order valence-electron chi connectivity index (χ2n) is 6.91. The lowest BCUT2D eigenvalue weighted by molar-refractivity contribution is -0.154. The van der Waals surface area contributed by atoms with E-state index in [1.165, 1.54) is 0 Å². The van der Waals surface area contributed by atoms with E-state index in [2.05, 4.69) is 0 Å². The summed E-state index contributed by atoms with van der Waals surface area (Å²) in [5.74, 6) is -1.09. The lowest BCUT2D eigenvalue weighted by atomic mass is 9.81. The average molecular weight is 294 g/mol. The van der Waals surface area contributed by atoms with E-state index >= 15 is 0 Å². The van der Waals surface area contributed by atoms with E-state index in [4.69, 9.17) is 0 Å². The van der Waals surface area contributed by atoms with Crippen molar-refractivity contribution in [3.05, 3.63) is 0 Å². The molecule has 2 amide bonds. The van der Waals surface area contributed by atoms with Gasteiger partial charge >= 0.3 is 5.97 Å². The number of aliphatic carboxylic acids is 1. The van der Waals surface area contributed by atoms with Gasteiger partial charge in [-0.3, -0.25) is 14.4 Å². The number of piperidine rings is 1. The monoisotopic (exact) mass is 294 g/mol. The summed E-state index contributed by atoms with van der Waals surface area (Å²) in [7, 11) is 0. The number of carboxylic acids is 1. The molecule has 1 saturated carbocycles. The Labute approximate surface area is 124 Å². The normalized spacial score (nSPS) is 33.4. The van der Waals surface area contributed by atoms with Crippen LogP contribution in [0.2, 0.25) is 0 Å². The van der Waals surface area contributed by atoms with Crippen molar-refractivity contribution in [2.75, 3.05) is 19.6 Å². The molecule has 1 aliphatic carbocycles. The molecule has 2 unspecified atom stereocenters. The number of nitrogens with zero attached hydrogens (tertiary/aromatic N) is 2. The molecular formula is C15H22N2O4. The number of carbonyl (C=O) groups is 3. The Hall–Kier alpha value is -1.59. The van der Waals surface area contributed by atoms with Crippen LogP contribution in [0, 0.1) is 11.3 Å². The molecule has 6 nitrogen and oxygen atoms in total. The van der Waals surface area contributed by atoms with E-state index in [1.807, 2.05) is 4.90 Å². The third-order valence-electron chi connectivity index (χ3n) is 5.02. The van der Waals surface area contributed by atoms with Crippen molar-refractivity contribution in [3.8, 4) is 0 Å². The van der Waals surface area contributed by atoms with Gasteiger partial charge in [-0.15, -0.1) is 0 Å². The summed E-state index contributed by atoms with van der Waals surface area (Å²) in [6.07, 6.45) is 3.70. The molecule has 6 heteroatoms. The molecule has 2 saturated heterocycles. The van der Waals surface area contributed by atoms with E-state index in [1.54, 1.807) is 11.8 Å². The number of likely N-dealkylation sites (tertiary alicyclic amines) is 2. The number of rotatable bonds is 3. The van der Waals surface area contributed by atoms with Gasteiger partial charge in [0.1, 0.15) is 0 Å². The van der Waals surface area contributed by atoms with Crippen molar-refractivity contribution in [2.24, 2.45) is 11.3 Å². The molecule has 3 fully saturated rings. The highest BCUT2D eigenvalue weighted by Gasteiger charge is 2.45. The number of hydrogen-bond donors (Lipinski definition) is 1. The number of carbonyl (C=O) groups excluding carboxylic acids is 2. The van der Waals surface area contributed by atoms with E-state index in [-0.39, 0.29) is 30.7 Å². The molecule has 0 radical (unpaired) electrons. The third-order valence-corrected chi connectivity index (χ3v) is 5.02. The van der Waals surface area contributed by atoms with Crippen LogP contribution in [0.25, 0.3) is 0 Å². The van der Waals surface area contributed by atoms with E-state index in [0.29, 0.717) is 32.0 Å². The summed E-state index contributed by atoms with van der Waals surface area (Å²) in [6.45, 7) is 3.08. The minimum atomic E-state index is -0.854. The van der Waals surface area contributed by atoms with Gasteiger partial charge in [0, 0.05) is 32.1 Å². The van der Waals surface area contributed by atoms with Crippen LogP contribution in [0.5, 0.6) is 0 Å². The van der Waals surface area contributed by atoms with Gasteiger partial charge in [-0.05, 0) is 32.6 Å². The first kappa shape index (κ1) is 14.4. The number of amides is 2. The van der Waals surface area contributed by atoms with Crippen LogP contribution in [0.3, 0.4) is 0 Å². The summed E-state index contributed by atoms with van der Waals surface area (Å²) in [4.78, 5) is 39.4. The first-order chi connectivity index (χ1) is 9.90. The highest BCUT2D eigenvalue weighted by Crippen LogP contribution is 2.35. The van der Waals surface area contributed by atoms with Crippen molar-refractivity contribution in [1.82, 2.24) is 9.80 Å². The van der Waals surface area contributed by atoms with Crippen molar-refractivity contribution in [3.63, 3.8) is 0 Å². The highest BCUT2D eigenvalue weighted by molar-refractivity contribution is 5.90. The molecular weight excluding hydrogens is 272 g/mol. The molecule has 0 aromatic rings. The van der Waals surface area contributed by atoms with Gasteiger partial charge < -0.3 is 14.9 Å². The molecule has 2 aliphatic heterocycles. The van der Waals surface area contributed by atoms with Gasteiger partial charge in [0.05, 0.1) is 11.3 Å². The van der Waals surface area contributed by atoms with Crippen LogP contribution in [0.4, 0.5) is 0 Å². The molecule has 0 bridgehead atoms. The smallest absolute Gasteiger partial charge is 0.311 e. The van der Waals surface area contributed by atoms with Crippen LogP contribution < -0.4 is 0 Å². The maximum absolute atomic E-state index is 12.6. The van der Waals surface area contributed by atoms with E-state index in [9.17, 15) is 19.5 Å². The Kier molecular flexibility index (Phi) is 3.42. The Bertz CT molecular complexity index is 488. The Morgan fingerprint density at radius 2 is 2.05 bits per heavy atom. The third kappa shape index (κ3) is 2.63. The van der Waals surface area contributed by atoms with Gasteiger partial charge in [-0.25, -0.2) is 0 Å². The van der Waals surface area contributed by atoms with Crippen LogP contribution in [-0.4, -0.2) is 58.4 Å². The molecule has 1 N–H and O–H groups in total. The lowest BCUT2D eigenvalue weighted by Crippen LogP contribution is -2.50. The zero-order valence-electron chi connectivity index (χ0n) is 12.4. The van der Waals surface area contributed by atoms with E-state index in [0.717, 1.165) is 12.8 Å². The van der Waals surface area contributed by atoms with E-state index < -0.39 is 11.4 Å². The predicted molar refractivity (Wildman–Crippen MR) is 74.4 cm³/mol. The quantitative estimate of drug-likeness (QED) is 0.831. The molecule has 3 aliphatic rings. The van der Waals surface area contributed by atoms with Crippen molar-refractivity contribution in [2.45, 2.75) is 45.1 Å². The fourth-order valence-corrected chi connectivity index (χ4v) is 3.50. The summed E-state index contributed by atoms with van der Waals surface area (Å²) >= 11 is 0. The minimum Gasteiger partial charge on any atom is -0.481 e. The fraction of sp³-hybridized carbons (Fsp3) is 0.800. The summed E-state index contributed by atoms with van der Waals surface area (Å²) in [5.41, 5.74) is -0.854. The number of hydrogen-bond acceptors (Lipinski definition) is 3. The van der Waals surface area contributed by atoms with Crippen molar-refractivity contribution >= 4 is 17.8 Å². The molecule has 3 rings (SSSR count). The molecule has 116 valence electrons. The van der Waals surface area contributed by atoms with Gasteiger partial charge in [0.25, 0.3) is 0 Å². The first-order valence-corrected chi connectivity index (χ1v) is 7.72. The van der Waals surface area contributed by atoms with Crippen molar-refractivity contribution < 1.29 is 19.5 Å². The largest absolute Gasteiger partial charge is 0.481 e. The Morgan fingerprint density at radius 1 is 1.33 bits per heavy atom. The van der Waals surface area contributed by atoms with Crippen LogP contribution in [-0.2, 0) is 14.4 Å². The van der Waals surface area contributed by atoms with Crippen LogP contribution in [0.15, 0.2) is 0 Å². The van der Waals surface area contributed by atoms with Gasteiger partial charge in [-0.2, -0.15) is 0 Å². The molecule has 0 spiro atoms. The van der Waals surface area contributed by atoms with Gasteiger partial charge in [-0.1, -0.05) is 0 Å². The van der Waals surface area contributed by atoms with Gasteiger partial charge in [0.2, 0.25) is 11.8 Å². The summed E-state index contributed by atoms with van der Waals surface area (Å²) < 4.78 is 0. The summed E-state index contributed by atoms with van der Waals surface area (Å²) in [6, 6.07) is 0.348. The van der Waals surface area contributed by atoms with Crippen LogP contribution in [0.1, 0.15) is 39.0 Å². The second kappa shape index (κ2) is 5.00. The molecule has 0 aromatic carbocycles. The molecule has 2 heterocycles. The Balaban J connectivity index is 1.65. The second-order valence-corrected chi connectivity index (χ2v) is 6.91. The maximum Gasteiger partial charge on any atom is 0.311 e. The first-order valence-electron chi connectivity index (χ1n) is 7.72. The predicted octanol–water partition coefficient (Wildman–Crippen LogP) is 0.711. The zero-order valence-corrected chi connectivity index (χ0v) is 12.4. The lowest BCUT2D eigenvalue weighted by Gasteiger charge is -2.38. The fourth-order valence-electron chi connectivity index (χ4n) is 3.50. The zero-order chi connectivity index (χ0) is 15.2. The maximum atomic E-state index is 12.6. The standard InChI is InChI=1S/C15H22N2O4/c1-15(14(20)21)5-2-6-16(9-15)13(19)10-7-12(18)17(8-10)11-3-4-11/h10-11H,2-9H2,1H3,(H,20,21). The average Bonchev–Trinajstić information content (AvgIpc) is 3.21. The summed E-state index contributed by atoms with van der Waals surface area (Å²) in [5, 5.41) is 9.33. The minimum absolute atomic E-state index is 0.0429. The molecule has 0 aromatic heterocycles. The highest BCUT2D eigenvalue weighted by atomic mass is 16.4. The molecule has 21 heavy (non-hydrogen) atoms.